The first kappa shape index (κ1) is 9.65. The first-order chi connectivity index (χ1) is 6.86. The minimum Gasteiger partial charge on any atom is -0.355 e. The van der Waals surface area contributed by atoms with E-state index in [1.54, 1.807) is 6.20 Å². The van der Waals surface area contributed by atoms with Crippen LogP contribution in [0, 0.1) is 0 Å². The van der Waals surface area contributed by atoms with E-state index in [0.29, 0.717) is 0 Å². The van der Waals surface area contributed by atoms with E-state index in [0.717, 1.165) is 18.9 Å². The number of nitrogens with zero attached hydrogens (tertiary/aromatic N) is 4. The lowest BCUT2D eigenvalue weighted by atomic mass is 10.2. The van der Waals surface area contributed by atoms with Crippen molar-refractivity contribution in [2.75, 3.05) is 18.0 Å². The number of hydrogen-bond acceptors (Lipinski definition) is 4. The van der Waals surface area contributed by atoms with Crippen molar-refractivity contribution < 1.29 is 0 Å². The second-order valence-corrected chi connectivity index (χ2v) is 3.82. The average molecular weight is 213 g/mol. The van der Waals surface area contributed by atoms with E-state index in [2.05, 4.69) is 20.1 Å². The van der Waals surface area contributed by atoms with E-state index in [1.165, 1.54) is 25.7 Å². The van der Waals surface area contributed by atoms with Gasteiger partial charge in [0.05, 0.1) is 6.20 Å². The van der Waals surface area contributed by atoms with E-state index in [4.69, 9.17) is 11.6 Å². The van der Waals surface area contributed by atoms with Crippen molar-refractivity contribution >= 4 is 17.4 Å². The zero-order valence-corrected chi connectivity index (χ0v) is 8.74. The number of halogens is 1. The Balaban J connectivity index is 2.12. The van der Waals surface area contributed by atoms with Gasteiger partial charge in [0.25, 0.3) is 0 Å². The lowest BCUT2D eigenvalue weighted by Gasteiger charge is -2.20. The predicted octanol–water partition coefficient (Wildman–Crippen LogP) is 1.91. The number of rotatable bonds is 1. The monoisotopic (exact) mass is 212 g/mol. The average Bonchev–Trinajstić information content (AvgIpc) is 2.45. The number of aromatic nitrogens is 3. The lowest BCUT2D eigenvalue weighted by Crippen LogP contribution is -2.25. The summed E-state index contributed by atoms with van der Waals surface area (Å²) >= 11 is 5.69. The van der Waals surface area contributed by atoms with Gasteiger partial charge in [-0.2, -0.15) is 10.1 Å². The molecular weight excluding hydrogens is 200 g/mol. The quantitative estimate of drug-likeness (QED) is 0.713. The van der Waals surface area contributed by atoms with Crippen LogP contribution in [-0.2, 0) is 0 Å². The van der Waals surface area contributed by atoms with Crippen molar-refractivity contribution in [3.8, 4) is 0 Å². The van der Waals surface area contributed by atoms with Crippen LogP contribution in [0.3, 0.4) is 0 Å². The molecule has 0 spiro atoms. The summed E-state index contributed by atoms with van der Waals surface area (Å²) in [6.07, 6.45) is 6.74. The maximum absolute atomic E-state index is 5.69. The first-order valence-electron chi connectivity index (χ1n) is 4.96. The maximum atomic E-state index is 5.69. The van der Waals surface area contributed by atoms with Crippen LogP contribution >= 0.6 is 11.6 Å². The van der Waals surface area contributed by atoms with Crippen molar-refractivity contribution in [1.29, 1.82) is 0 Å². The minimum absolute atomic E-state index is 0.228. The third-order valence-electron chi connectivity index (χ3n) is 2.45. The minimum atomic E-state index is 0.228. The highest BCUT2D eigenvalue weighted by atomic mass is 35.5. The van der Waals surface area contributed by atoms with Crippen LogP contribution in [0.2, 0.25) is 5.28 Å². The topological polar surface area (TPSA) is 41.9 Å². The molecule has 0 amide bonds. The Morgan fingerprint density at radius 2 is 1.86 bits per heavy atom. The van der Waals surface area contributed by atoms with Gasteiger partial charge in [0.2, 0.25) is 5.28 Å². The third kappa shape index (κ3) is 2.32. The van der Waals surface area contributed by atoms with Gasteiger partial charge in [-0.05, 0) is 24.4 Å². The number of anilines is 1. The molecule has 4 nitrogen and oxygen atoms in total. The Kier molecular flexibility index (Phi) is 3.14. The Hall–Kier alpha value is -0.900. The van der Waals surface area contributed by atoms with E-state index < -0.39 is 0 Å². The van der Waals surface area contributed by atoms with Crippen LogP contribution in [0.5, 0.6) is 0 Å². The Bertz CT molecular complexity index is 297. The summed E-state index contributed by atoms with van der Waals surface area (Å²) < 4.78 is 0. The second-order valence-electron chi connectivity index (χ2n) is 3.48. The molecule has 1 aromatic heterocycles. The summed E-state index contributed by atoms with van der Waals surface area (Å²) in [5.41, 5.74) is 0. The van der Waals surface area contributed by atoms with Gasteiger partial charge in [0, 0.05) is 13.1 Å². The van der Waals surface area contributed by atoms with Crippen molar-refractivity contribution in [3.63, 3.8) is 0 Å². The van der Waals surface area contributed by atoms with Crippen LogP contribution < -0.4 is 4.90 Å². The van der Waals surface area contributed by atoms with Gasteiger partial charge in [-0.3, -0.25) is 0 Å². The molecule has 1 aromatic rings. The van der Waals surface area contributed by atoms with Gasteiger partial charge in [-0.1, -0.05) is 12.8 Å². The van der Waals surface area contributed by atoms with Crippen LogP contribution in [-0.4, -0.2) is 28.3 Å². The van der Waals surface area contributed by atoms with Gasteiger partial charge >= 0.3 is 0 Å². The van der Waals surface area contributed by atoms with Gasteiger partial charge < -0.3 is 4.90 Å². The SMILES string of the molecule is Clc1nncc(N2CCCCCC2)n1. The molecule has 0 unspecified atom stereocenters. The highest BCUT2D eigenvalue weighted by Crippen LogP contribution is 2.16. The van der Waals surface area contributed by atoms with E-state index in [9.17, 15) is 0 Å². The Morgan fingerprint density at radius 1 is 1.14 bits per heavy atom. The van der Waals surface area contributed by atoms with E-state index in [1.807, 2.05) is 0 Å². The number of hydrogen-bond donors (Lipinski definition) is 0. The van der Waals surface area contributed by atoms with E-state index >= 15 is 0 Å². The van der Waals surface area contributed by atoms with E-state index in [-0.39, 0.29) is 5.28 Å². The fourth-order valence-corrected chi connectivity index (χ4v) is 1.86. The molecule has 0 saturated carbocycles. The molecule has 0 N–H and O–H groups in total. The largest absolute Gasteiger partial charge is 0.355 e. The third-order valence-corrected chi connectivity index (χ3v) is 2.61. The van der Waals surface area contributed by atoms with Crippen LogP contribution in [0.25, 0.3) is 0 Å². The Morgan fingerprint density at radius 3 is 2.50 bits per heavy atom. The van der Waals surface area contributed by atoms with Crippen LogP contribution in [0.4, 0.5) is 5.82 Å². The van der Waals surface area contributed by atoms with Gasteiger partial charge in [-0.15, -0.1) is 5.10 Å². The molecule has 1 saturated heterocycles. The van der Waals surface area contributed by atoms with Gasteiger partial charge in [0.15, 0.2) is 5.82 Å². The summed E-state index contributed by atoms with van der Waals surface area (Å²) in [5, 5.41) is 7.67. The smallest absolute Gasteiger partial charge is 0.244 e. The fraction of sp³-hybridized carbons (Fsp3) is 0.667. The molecule has 76 valence electrons. The van der Waals surface area contributed by atoms with Crippen molar-refractivity contribution in [3.05, 3.63) is 11.5 Å². The molecule has 0 aromatic carbocycles. The van der Waals surface area contributed by atoms with Crippen LogP contribution in [0.15, 0.2) is 6.20 Å². The van der Waals surface area contributed by atoms with Crippen LogP contribution in [0.1, 0.15) is 25.7 Å². The highest BCUT2D eigenvalue weighted by molar-refractivity contribution is 6.28. The summed E-state index contributed by atoms with van der Waals surface area (Å²) in [4.78, 5) is 6.39. The summed E-state index contributed by atoms with van der Waals surface area (Å²) in [5.74, 6) is 0.854. The van der Waals surface area contributed by atoms with Crippen molar-refractivity contribution in [2.45, 2.75) is 25.7 Å². The molecule has 14 heavy (non-hydrogen) atoms. The molecule has 2 rings (SSSR count). The molecule has 5 heteroatoms. The molecule has 2 heterocycles. The molecule has 1 aliphatic rings. The first-order valence-corrected chi connectivity index (χ1v) is 5.34. The summed E-state index contributed by atoms with van der Waals surface area (Å²) in [6.45, 7) is 2.10. The molecule has 0 bridgehead atoms. The second kappa shape index (κ2) is 4.55. The Labute approximate surface area is 88.3 Å². The van der Waals surface area contributed by atoms with Gasteiger partial charge in [0.1, 0.15) is 0 Å². The lowest BCUT2D eigenvalue weighted by molar-refractivity contribution is 0.726. The van der Waals surface area contributed by atoms with Gasteiger partial charge in [-0.25, -0.2) is 0 Å². The molecular formula is C9H13ClN4. The maximum Gasteiger partial charge on any atom is 0.244 e. The molecule has 0 atom stereocenters. The molecule has 0 radical (unpaired) electrons. The van der Waals surface area contributed by atoms with Crippen molar-refractivity contribution in [1.82, 2.24) is 15.2 Å². The summed E-state index contributed by atoms with van der Waals surface area (Å²) in [7, 11) is 0. The highest BCUT2D eigenvalue weighted by Gasteiger charge is 2.11. The normalized spacial score (nSPS) is 17.9. The zero-order valence-electron chi connectivity index (χ0n) is 7.99. The molecule has 0 aliphatic carbocycles. The standard InChI is InChI=1S/C9H13ClN4/c10-9-12-8(7-11-13-9)14-5-3-1-2-4-6-14/h7H,1-6H2. The van der Waals surface area contributed by atoms with Crippen molar-refractivity contribution in [2.24, 2.45) is 0 Å². The zero-order chi connectivity index (χ0) is 9.80. The molecule has 1 aliphatic heterocycles. The molecule has 1 fully saturated rings. The predicted molar refractivity (Wildman–Crippen MR) is 55.5 cm³/mol. The fourth-order valence-electron chi connectivity index (χ4n) is 1.73. The summed E-state index contributed by atoms with van der Waals surface area (Å²) in [6, 6.07) is 0.